The number of carbonyl (C=O) groups is 2. The smallest absolute Gasteiger partial charge is 0.282 e. The lowest BCUT2D eigenvalue weighted by atomic mass is 10.1. The quantitative estimate of drug-likeness (QED) is 0.228. The van der Waals surface area contributed by atoms with Crippen LogP contribution >= 0.6 is 0 Å². The molecule has 0 radical (unpaired) electrons. The lowest BCUT2D eigenvalue weighted by Gasteiger charge is -2.15. The predicted octanol–water partition coefficient (Wildman–Crippen LogP) is 3.65. The van der Waals surface area contributed by atoms with Crippen molar-refractivity contribution in [2.75, 3.05) is 19.2 Å². The highest BCUT2D eigenvalue weighted by Gasteiger charge is 2.34. The van der Waals surface area contributed by atoms with Crippen LogP contribution in [-0.2, 0) is 16.2 Å². The minimum absolute atomic E-state index is 0.0161. The van der Waals surface area contributed by atoms with Crippen molar-refractivity contribution in [1.82, 2.24) is 5.43 Å². The van der Waals surface area contributed by atoms with Gasteiger partial charge in [0.25, 0.3) is 17.5 Å². The average Bonchev–Trinajstić information content (AvgIpc) is 3.16. The molecule has 35 heavy (non-hydrogen) atoms. The molecule has 0 aromatic heterocycles. The molecule has 178 valence electrons. The van der Waals surface area contributed by atoms with Crippen molar-refractivity contribution in [2.24, 2.45) is 0 Å². The number of hydrazine groups is 1. The first kappa shape index (κ1) is 23.3. The van der Waals surface area contributed by atoms with Crippen LogP contribution < -0.4 is 24.6 Å². The predicted molar refractivity (Wildman–Crippen MR) is 127 cm³/mol. The Morgan fingerprint density at radius 2 is 1.60 bits per heavy atom. The van der Waals surface area contributed by atoms with Crippen LogP contribution in [0.4, 0.5) is 11.4 Å². The molecule has 1 fully saturated rings. The number of amides is 2. The molecule has 0 spiro atoms. The van der Waals surface area contributed by atoms with E-state index in [1.807, 2.05) is 6.07 Å². The number of carbonyl (C=O) groups excluding carboxylic acids is 2. The molecule has 10 heteroatoms. The van der Waals surface area contributed by atoms with Crippen molar-refractivity contribution in [3.63, 3.8) is 0 Å². The number of rotatable bonds is 8. The Bertz CT molecular complexity index is 1280. The van der Waals surface area contributed by atoms with Crippen molar-refractivity contribution in [1.29, 1.82) is 0 Å². The maximum Gasteiger partial charge on any atom is 0.282 e. The Labute approximate surface area is 200 Å². The largest absolute Gasteiger partial charge is 0.493 e. The molecule has 0 unspecified atom stereocenters. The van der Waals surface area contributed by atoms with Crippen LogP contribution in [0.2, 0.25) is 0 Å². The molecule has 0 saturated carbocycles. The van der Waals surface area contributed by atoms with E-state index in [1.54, 1.807) is 48.5 Å². The number of benzene rings is 3. The fourth-order valence-electron chi connectivity index (χ4n) is 3.48. The van der Waals surface area contributed by atoms with Gasteiger partial charge in [0.1, 0.15) is 12.2 Å². The number of non-ortho nitro benzene ring substituents is 1. The second kappa shape index (κ2) is 9.96. The minimum Gasteiger partial charge on any atom is -0.493 e. The summed E-state index contributed by atoms with van der Waals surface area (Å²) in [7, 11) is 2.91. The van der Waals surface area contributed by atoms with Crippen molar-refractivity contribution < 1.29 is 28.7 Å². The first-order valence-corrected chi connectivity index (χ1v) is 10.5. The number of ether oxygens (including phenoxy) is 3. The van der Waals surface area contributed by atoms with Gasteiger partial charge in [-0.05, 0) is 53.6 Å². The van der Waals surface area contributed by atoms with Gasteiger partial charge in [-0.15, -0.1) is 0 Å². The highest BCUT2D eigenvalue weighted by molar-refractivity contribution is 6.31. The van der Waals surface area contributed by atoms with Crippen LogP contribution in [0.3, 0.4) is 0 Å². The van der Waals surface area contributed by atoms with Crippen LogP contribution in [0.5, 0.6) is 17.2 Å². The fourth-order valence-corrected chi connectivity index (χ4v) is 3.48. The number of nitrogens with zero attached hydrogens (tertiary/aromatic N) is 2. The van der Waals surface area contributed by atoms with Crippen LogP contribution in [0.15, 0.2) is 72.3 Å². The van der Waals surface area contributed by atoms with Gasteiger partial charge in [-0.1, -0.05) is 18.2 Å². The van der Waals surface area contributed by atoms with Gasteiger partial charge in [-0.2, -0.15) is 0 Å². The summed E-state index contributed by atoms with van der Waals surface area (Å²) in [5.41, 5.74) is 4.24. The highest BCUT2D eigenvalue weighted by Crippen LogP contribution is 2.40. The van der Waals surface area contributed by atoms with E-state index >= 15 is 0 Å². The summed E-state index contributed by atoms with van der Waals surface area (Å²) in [6, 6.07) is 18.0. The number of methoxy groups -OCH3 is 2. The molecule has 1 heterocycles. The molecule has 1 N–H and O–H groups in total. The SMILES string of the molecule is COc1cc(/C=C2/C(=O)NN(c3ccccc3)C2=O)cc(OC)c1OCc1ccc([N+](=O)[O-])cc1. The Balaban J connectivity index is 1.59. The molecule has 10 nitrogen and oxygen atoms in total. The first-order chi connectivity index (χ1) is 16.9. The molecule has 0 bridgehead atoms. The number of nitro groups is 1. The lowest BCUT2D eigenvalue weighted by molar-refractivity contribution is -0.384. The van der Waals surface area contributed by atoms with Gasteiger partial charge in [0.15, 0.2) is 11.5 Å². The van der Waals surface area contributed by atoms with Crippen LogP contribution in [0.25, 0.3) is 6.08 Å². The number of anilines is 1. The third-order valence-electron chi connectivity index (χ3n) is 5.23. The monoisotopic (exact) mass is 475 g/mol. The van der Waals surface area contributed by atoms with Gasteiger partial charge >= 0.3 is 0 Å². The molecule has 2 amide bonds. The molecule has 1 saturated heterocycles. The summed E-state index contributed by atoms with van der Waals surface area (Å²) in [6.07, 6.45) is 1.45. The Morgan fingerprint density at radius 3 is 2.17 bits per heavy atom. The summed E-state index contributed by atoms with van der Waals surface area (Å²) < 4.78 is 16.8. The van der Waals surface area contributed by atoms with Gasteiger partial charge in [-0.25, -0.2) is 5.01 Å². The van der Waals surface area contributed by atoms with Gasteiger partial charge in [0.05, 0.1) is 24.8 Å². The van der Waals surface area contributed by atoms with E-state index in [0.29, 0.717) is 34.1 Å². The first-order valence-electron chi connectivity index (χ1n) is 10.5. The average molecular weight is 475 g/mol. The summed E-state index contributed by atoms with van der Waals surface area (Å²) >= 11 is 0. The van der Waals surface area contributed by atoms with Gasteiger partial charge in [0, 0.05) is 12.1 Å². The second-order valence-electron chi connectivity index (χ2n) is 7.44. The number of hydrogen-bond donors (Lipinski definition) is 1. The topological polar surface area (TPSA) is 120 Å². The number of nitrogens with one attached hydrogen (secondary N) is 1. The minimum atomic E-state index is -0.532. The summed E-state index contributed by atoms with van der Waals surface area (Å²) in [5.74, 6) is -0.0655. The number of nitro benzene ring substituents is 1. The lowest BCUT2D eigenvalue weighted by Crippen LogP contribution is -2.35. The van der Waals surface area contributed by atoms with E-state index in [-0.39, 0.29) is 17.9 Å². The summed E-state index contributed by atoms with van der Waals surface area (Å²) in [6.45, 7) is 0.109. The van der Waals surface area contributed by atoms with Crippen LogP contribution in [0.1, 0.15) is 11.1 Å². The molecule has 3 aromatic carbocycles. The van der Waals surface area contributed by atoms with E-state index in [0.717, 1.165) is 0 Å². The van der Waals surface area contributed by atoms with E-state index < -0.39 is 16.7 Å². The number of hydrogen-bond acceptors (Lipinski definition) is 7. The molecular formula is C25H21N3O7. The normalized spacial score (nSPS) is 14.1. The van der Waals surface area contributed by atoms with Crippen molar-refractivity contribution in [3.8, 4) is 17.2 Å². The summed E-state index contributed by atoms with van der Waals surface area (Å²) in [4.78, 5) is 35.7. The maximum absolute atomic E-state index is 12.9. The maximum atomic E-state index is 12.9. The highest BCUT2D eigenvalue weighted by atomic mass is 16.6. The van der Waals surface area contributed by atoms with E-state index in [4.69, 9.17) is 14.2 Å². The van der Waals surface area contributed by atoms with E-state index in [9.17, 15) is 19.7 Å². The summed E-state index contributed by atoms with van der Waals surface area (Å²) in [5, 5.41) is 12.0. The third kappa shape index (κ3) is 4.91. The zero-order valence-corrected chi connectivity index (χ0v) is 18.9. The molecule has 0 aliphatic carbocycles. The molecule has 0 atom stereocenters. The van der Waals surface area contributed by atoms with Crippen molar-refractivity contribution >= 4 is 29.3 Å². The zero-order valence-electron chi connectivity index (χ0n) is 18.9. The molecule has 1 aliphatic heterocycles. The van der Waals surface area contributed by atoms with Gasteiger partial charge < -0.3 is 14.2 Å². The Morgan fingerprint density at radius 1 is 0.971 bits per heavy atom. The zero-order chi connectivity index (χ0) is 24.9. The fraction of sp³-hybridized carbons (Fsp3) is 0.120. The van der Waals surface area contributed by atoms with Crippen LogP contribution in [-0.4, -0.2) is 31.0 Å². The second-order valence-corrected chi connectivity index (χ2v) is 7.44. The molecule has 4 rings (SSSR count). The molecule has 3 aromatic rings. The Kier molecular flexibility index (Phi) is 6.63. The van der Waals surface area contributed by atoms with E-state index in [1.165, 1.54) is 37.4 Å². The van der Waals surface area contributed by atoms with Crippen LogP contribution in [0, 0.1) is 10.1 Å². The van der Waals surface area contributed by atoms with Gasteiger partial charge in [0.2, 0.25) is 5.75 Å². The third-order valence-corrected chi connectivity index (χ3v) is 5.23. The number of para-hydroxylation sites is 1. The molecule has 1 aliphatic rings. The van der Waals surface area contributed by atoms with Crippen molar-refractivity contribution in [3.05, 3.63) is 93.5 Å². The van der Waals surface area contributed by atoms with E-state index in [2.05, 4.69) is 5.43 Å². The molecular weight excluding hydrogens is 454 g/mol. The standard InChI is InChI=1S/C25H21N3O7/c1-33-21-13-17(12-20-24(29)26-27(25(20)30)18-6-4-3-5-7-18)14-22(34-2)23(21)35-15-16-8-10-19(11-9-16)28(31)32/h3-14H,15H2,1-2H3,(H,26,29)/b20-12-. The Hall–Kier alpha value is -4.86. The van der Waals surface area contributed by atoms with Gasteiger partial charge in [-0.3, -0.25) is 25.1 Å². The van der Waals surface area contributed by atoms with Crippen molar-refractivity contribution in [2.45, 2.75) is 6.61 Å².